The second-order valence-corrected chi connectivity index (χ2v) is 4.29. The summed E-state index contributed by atoms with van der Waals surface area (Å²) in [5, 5.41) is 9.80. The molecule has 0 bridgehead atoms. The van der Waals surface area contributed by atoms with Gasteiger partial charge in [0.15, 0.2) is 0 Å². The van der Waals surface area contributed by atoms with Crippen molar-refractivity contribution < 1.29 is 14.2 Å². The third-order valence-electron chi connectivity index (χ3n) is 2.78. The van der Waals surface area contributed by atoms with Gasteiger partial charge in [-0.15, -0.1) is 0 Å². The van der Waals surface area contributed by atoms with Crippen molar-refractivity contribution in [2.75, 3.05) is 6.61 Å². The zero-order valence-corrected chi connectivity index (χ0v) is 9.90. The van der Waals surface area contributed by atoms with Crippen molar-refractivity contribution in [2.24, 2.45) is 5.92 Å². The largest absolute Gasteiger partial charge is 0.494 e. The van der Waals surface area contributed by atoms with Crippen LogP contribution in [-0.4, -0.2) is 11.7 Å². The molecule has 2 rings (SSSR count). The summed E-state index contributed by atoms with van der Waals surface area (Å²) in [5.41, 5.74) is 0.558. The van der Waals surface area contributed by atoms with Gasteiger partial charge in [-0.25, -0.2) is 4.39 Å². The molecule has 1 aliphatic carbocycles. The third kappa shape index (κ3) is 3.30. The summed E-state index contributed by atoms with van der Waals surface area (Å²) >= 11 is 0. The molecule has 92 valence electrons. The highest BCUT2D eigenvalue weighted by molar-refractivity contribution is 5.31. The van der Waals surface area contributed by atoms with Gasteiger partial charge >= 0.3 is 0 Å². The minimum absolute atomic E-state index is 0.326. The van der Waals surface area contributed by atoms with Crippen molar-refractivity contribution in [3.8, 4) is 5.75 Å². The number of rotatable bonds is 5. The van der Waals surface area contributed by atoms with Crippen LogP contribution < -0.4 is 4.74 Å². The predicted molar refractivity (Wildman–Crippen MR) is 64.5 cm³/mol. The molecule has 1 fully saturated rings. The number of aliphatic hydroxyl groups is 1. The maximum atomic E-state index is 13.6. The first-order valence-corrected chi connectivity index (χ1v) is 5.98. The van der Waals surface area contributed by atoms with Crippen LogP contribution >= 0.6 is 0 Å². The second kappa shape index (κ2) is 5.32. The van der Waals surface area contributed by atoms with Gasteiger partial charge in [-0.3, -0.25) is 0 Å². The molecule has 17 heavy (non-hydrogen) atoms. The SMILES string of the molecule is CCOc1ccc(C(O)C(F)=CC2CC2)cc1. The third-order valence-corrected chi connectivity index (χ3v) is 2.78. The Bertz CT molecular complexity index is 393. The van der Waals surface area contributed by atoms with Crippen molar-refractivity contribution in [3.05, 3.63) is 41.7 Å². The van der Waals surface area contributed by atoms with E-state index in [4.69, 9.17) is 4.74 Å². The van der Waals surface area contributed by atoms with Gasteiger partial charge in [0.1, 0.15) is 17.7 Å². The van der Waals surface area contributed by atoms with Crippen LogP contribution in [-0.2, 0) is 0 Å². The van der Waals surface area contributed by atoms with Crippen LogP contribution in [0.25, 0.3) is 0 Å². The van der Waals surface area contributed by atoms with Crippen molar-refractivity contribution in [2.45, 2.75) is 25.9 Å². The first-order chi connectivity index (χ1) is 8.20. The predicted octanol–water partition coefficient (Wildman–Crippen LogP) is 3.38. The number of halogens is 1. The molecule has 1 N–H and O–H groups in total. The topological polar surface area (TPSA) is 29.5 Å². The first-order valence-electron chi connectivity index (χ1n) is 5.98. The normalized spacial score (nSPS) is 17.9. The second-order valence-electron chi connectivity index (χ2n) is 4.29. The Morgan fingerprint density at radius 3 is 2.65 bits per heavy atom. The van der Waals surface area contributed by atoms with E-state index < -0.39 is 11.9 Å². The fourth-order valence-corrected chi connectivity index (χ4v) is 1.65. The van der Waals surface area contributed by atoms with E-state index >= 15 is 0 Å². The number of hydrogen-bond acceptors (Lipinski definition) is 2. The van der Waals surface area contributed by atoms with E-state index in [0.717, 1.165) is 18.6 Å². The average Bonchev–Trinajstić information content (AvgIpc) is 3.13. The Hall–Kier alpha value is -1.35. The summed E-state index contributed by atoms with van der Waals surface area (Å²) in [5.74, 6) is 0.610. The van der Waals surface area contributed by atoms with Crippen LogP contribution in [0, 0.1) is 5.92 Å². The molecular formula is C14H17FO2. The number of aliphatic hydroxyl groups excluding tert-OH is 1. The van der Waals surface area contributed by atoms with Crippen LogP contribution in [0.1, 0.15) is 31.4 Å². The molecule has 0 amide bonds. The number of ether oxygens (including phenoxy) is 1. The molecule has 3 heteroatoms. The molecule has 1 saturated carbocycles. The molecule has 1 aliphatic rings. The lowest BCUT2D eigenvalue weighted by molar-refractivity contribution is 0.185. The molecule has 1 unspecified atom stereocenters. The maximum absolute atomic E-state index is 13.6. The summed E-state index contributed by atoms with van der Waals surface area (Å²) < 4.78 is 18.9. The first kappa shape index (κ1) is 12.1. The average molecular weight is 236 g/mol. The van der Waals surface area contributed by atoms with Gasteiger partial charge in [0.05, 0.1) is 6.61 Å². The van der Waals surface area contributed by atoms with Gasteiger partial charge in [-0.2, -0.15) is 0 Å². The molecule has 0 aliphatic heterocycles. The highest BCUT2D eigenvalue weighted by Gasteiger charge is 2.22. The lowest BCUT2D eigenvalue weighted by Crippen LogP contribution is -1.99. The standard InChI is InChI=1S/C14H17FO2/c1-2-17-12-7-5-11(6-8-12)14(16)13(15)9-10-3-4-10/h5-10,14,16H,2-4H2,1H3. The summed E-state index contributed by atoms with van der Waals surface area (Å²) in [6, 6.07) is 6.87. The van der Waals surface area contributed by atoms with Crippen LogP contribution in [0.15, 0.2) is 36.2 Å². The molecular weight excluding hydrogens is 219 g/mol. The molecule has 0 saturated heterocycles. The molecule has 2 nitrogen and oxygen atoms in total. The highest BCUT2D eigenvalue weighted by Crippen LogP contribution is 2.34. The van der Waals surface area contributed by atoms with Gasteiger partial charge in [0, 0.05) is 0 Å². The van der Waals surface area contributed by atoms with Crippen LogP contribution in [0.5, 0.6) is 5.75 Å². The van der Waals surface area contributed by atoms with Gasteiger partial charge in [-0.05, 0) is 49.5 Å². The molecule has 0 radical (unpaired) electrons. The van der Waals surface area contributed by atoms with E-state index in [1.807, 2.05) is 6.92 Å². The number of allylic oxidation sites excluding steroid dienone is 1. The summed E-state index contributed by atoms with van der Waals surface area (Å²) in [6.45, 7) is 2.50. The molecule has 0 spiro atoms. The quantitative estimate of drug-likeness (QED) is 0.849. The molecule has 1 aromatic rings. The van der Waals surface area contributed by atoms with E-state index in [-0.39, 0.29) is 0 Å². The lowest BCUT2D eigenvalue weighted by Gasteiger charge is -2.10. The van der Waals surface area contributed by atoms with E-state index in [9.17, 15) is 9.50 Å². The van der Waals surface area contributed by atoms with E-state index in [1.165, 1.54) is 6.08 Å². The van der Waals surface area contributed by atoms with Gasteiger partial charge in [0.2, 0.25) is 0 Å². The van der Waals surface area contributed by atoms with Crippen molar-refractivity contribution >= 4 is 0 Å². The fraction of sp³-hybridized carbons (Fsp3) is 0.429. The summed E-state index contributed by atoms with van der Waals surface area (Å²) in [6.07, 6.45) is 2.44. The Morgan fingerprint density at radius 2 is 2.12 bits per heavy atom. The minimum Gasteiger partial charge on any atom is -0.494 e. The fourth-order valence-electron chi connectivity index (χ4n) is 1.65. The Morgan fingerprint density at radius 1 is 1.47 bits per heavy atom. The highest BCUT2D eigenvalue weighted by atomic mass is 19.1. The van der Waals surface area contributed by atoms with Crippen LogP contribution in [0.4, 0.5) is 4.39 Å². The zero-order valence-electron chi connectivity index (χ0n) is 9.90. The van der Waals surface area contributed by atoms with E-state index in [2.05, 4.69) is 0 Å². The number of benzene rings is 1. The lowest BCUT2D eigenvalue weighted by atomic mass is 10.1. The van der Waals surface area contributed by atoms with E-state index in [0.29, 0.717) is 18.1 Å². The Balaban J connectivity index is 2.05. The van der Waals surface area contributed by atoms with Gasteiger partial charge < -0.3 is 9.84 Å². The summed E-state index contributed by atoms with van der Waals surface area (Å²) in [7, 11) is 0. The molecule has 0 heterocycles. The zero-order chi connectivity index (χ0) is 12.3. The van der Waals surface area contributed by atoms with Crippen LogP contribution in [0.2, 0.25) is 0 Å². The van der Waals surface area contributed by atoms with E-state index in [1.54, 1.807) is 24.3 Å². The maximum Gasteiger partial charge on any atom is 0.130 e. The van der Waals surface area contributed by atoms with Crippen LogP contribution in [0.3, 0.4) is 0 Å². The Kier molecular flexibility index (Phi) is 3.79. The number of hydrogen-bond donors (Lipinski definition) is 1. The minimum atomic E-state index is -1.15. The van der Waals surface area contributed by atoms with Gasteiger partial charge in [-0.1, -0.05) is 12.1 Å². The summed E-state index contributed by atoms with van der Waals surface area (Å²) in [4.78, 5) is 0. The van der Waals surface area contributed by atoms with Crippen molar-refractivity contribution in [1.29, 1.82) is 0 Å². The van der Waals surface area contributed by atoms with Crippen molar-refractivity contribution in [3.63, 3.8) is 0 Å². The monoisotopic (exact) mass is 236 g/mol. The van der Waals surface area contributed by atoms with Gasteiger partial charge in [0.25, 0.3) is 0 Å². The van der Waals surface area contributed by atoms with Crippen molar-refractivity contribution in [1.82, 2.24) is 0 Å². The molecule has 1 aromatic carbocycles. The molecule has 0 aromatic heterocycles. The Labute approximate surface area is 101 Å². The smallest absolute Gasteiger partial charge is 0.130 e. The molecule has 1 atom stereocenters.